The molecule has 12 nitrogen and oxygen atoms in total. The van der Waals surface area contributed by atoms with Gasteiger partial charge in [-0.1, -0.05) is 97.1 Å². The number of carbonyl (C=O) groups is 2. The Hall–Kier alpha value is -7.50. The number of nitrogens with zero attached hydrogens (tertiary/aromatic N) is 6. The SMILES string of the molecule is O=C(CC(=O)OCc1cn(Cc2ccc(OCc3csc(-c4ccccc4)n3)cc2)nc1-c1cccs1)OCc1cn(Cc2ccc(OCc3csc(-c4ccccc4)n3)cc2)nc1-c1cccs1. The predicted molar refractivity (Wildman–Crippen MR) is 270 cm³/mol. The number of carbonyl (C=O) groups excluding carboxylic acids is 2. The van der Waals surface area contributed by atoms with Gasteiger partial charge < -0.3 is 18.9 Å². The van der Waals surface area contributed by atoms with Crippen molar-refractivity contribution in [2.75, 3.05) is 0 Å². The lowest BCUT2D eigenvalue weighted by atomic mass is 10.2. The Labute approximate surface area is 413 Å². The maximum absolute atomic E-state index is 13.0. The molecule has 0 aliphatic rings. The minimum absolute atomic E-state index is 0.0570. The minimum atomic E-state index is -0.695. The number of hydrogen-bond donors (Lipinski definition) is 0. The highest BCUT2D eigenvalue weighted by Crippen LogP contribution is 2.31. The fourth-order valence-corrected chi connectivity index (χ4v) is 10.4. The van der Waals surface area contributed by atoms with E-state index >= 15 is 0 Å². The molecule has 0 unspecified atom stereocenters. The Bertz CT molecular complexity index is 3020. The van der Waals surface area contributed by atoms with Gasteiger partial charge in [0.25, 0.3) is 0 Å². The highest BCUT2D eigenvalue weighted by molar-refractivity contribution is 7.14. The molecule has 0 saturated heterocycles. The summed E-state index contributed by atoms with van der Waals surface area (Å²) >= 11 is 6.29. The Morgan fingerprint density at radius 3 is 1.32 bits per heavy atom. The third-order valence-corrected chi connectivity index (χ3v) is 14.3. The lowest BCUT2D eigenvalue weighted by molar-refractivity contribution is -0.156. The molecule has 0 bridgehead atoms. The van der Waals surface area contributed by atoms with Crippen LogP contribution in [0.15, 0.2) is 167 Å². The van der Waals surface area contributed by atoms with Crippen LogP contribution in [0.2, 0.25) is 0 Å². The maximum Gasteiger partial charge on any atom is 0.317 e. The lowest BCUT2D eigenvalue weighted by Gasteiger charge is -2.07. The second-order valence-corrected chi connectivity index (χ2v) is 19.4. The third-order valence-electron chi connectivity index (χ3n) is 10.7. The zero-order chi connectivity index (χ0) is 46.8. The first-order chi connectivity index (χ1) is 33.9. The Balaban J connectivity index is 0.709. The van der Waals surface area contributed by atoms with Crippen LogP contribution in [0.1, 0.15) is 40.1 Å². The van der Waals surface area contributed by atoms with Gasteiger partial charge in [0, 0.05) is 45.4 Å². The topological polar surface area (TPSA) is 132 Å². The number of esters is 2. The zero-order valence-corrected chi connectivity index (χ0v) is 40.1. The molecule has 69 heavy (non-hydrogen) atoms. The number of thiophene rings is 2. The van der Waals surface area contributed by atoms with Crippen molar-refractivity contribution in [1.29, 1.82) is 0 Å². The van der Waals surface area contributed by atoms with Gasteiger partial charge in [-0.15, -0.1) is 45.3 Å². The van der Waals surface area contributed by atoms with Crippen LogP contribution in [0, 0.1) is 0 Å². The Kier molecular flexibility index (Phi) is 14.2. The van der Waals surface area contributed by atoms with Crippen LogP contribution in [0.5, 0.6) is 11.5 Å². The first-order valence-corrected chi connectivity index (χ1v) is 25.4. The molecule has 10 rings (SSSR count). The minimum Gasteiger partial charge on any atom is -0.487 e. The van der Waals surface area contributed by atoms with Crippen molar-refractivity contribution >= 4 is 57.3 Å². The van der Waals surface area contributed by atoms with E-state index in [1.54, 1.807) is 45.3 Å². The molecule has 0 amide bonds. The molecule has 0 saturated carbocycles. The summed E-state index contributed by atoms with van der Waals surface area (Å²) in [5.74, 6) is 0.0878. The lowest BCUT2D eigenvalue weighted by Crippen LogP contribution is -2.14. The molecule has 0 aliphatic heterocycles. The van der Waals surface area contributed by atoms with Crippen molar-refractivity contribution in [3.63, 3.8) is 0 Å². The summed E-state index contributed by atoms with van der Waals surface area (Å²) in [6, 6.07) is 43.8. The fraction of sp³-hybridized carbons (Fsp3) is 0.132. The van der Waals surface area contributed by atoms with E-state index < -0.39 is 18.4 Å². The van der Waals surface area contributed by atoms with E-state index in [1.807, 2.05) is 177 Å². The molecule has 0 aliphatic carbocycles. The van der Waals surface area contributed by atoms with Crippen molar-refractivity contribution in [2.24, 2.45) is 0 Å². The molecular formula is C53H42N6O6S4. The Morgan fingerprint density at radius 2 is 0.913 bits per heavy atom. The maximum atomic E-state index is 13.0. The molecule has 0 radical (unpaired) electrons. The van der Waals surface area contributed by atoms with Crippen LogP contribution in [0.4, 0.5) is 0 Å². The Morgan fingerprint density at radius 1 is 0.478 bits per heavy atom. The van der Waals surface area contributed by atoms with Gasteiger partial charge in [-0.05, 0) is 58.3 Å². The average Bonchev–Trinajstić information content (AvgIpc) is 4.25. The van der Waals surface area contributed by atoms with Crippen LogP contribution in [-0.2, 0) is 58.6 Å². The van der Waals surface area contributed by atoms with Crippen molar-refractivity contribution in [3.05, 3.63) is 201 Å². The van der Waals surface area contributed by atoms with Gasteiger partial charge in [0.15, 0.2) is 0 Å². The van der Waals surface area contributed by atoms with Gasteiger partial charge in [-0.3, -0.25) is 19.0 Å². The van der Waals surface area contributed by atoms with Crippen molar-refractivity contribution in [3.8, 4) is 53.8 Å². The number of rotatable bonds is 20. The normalized spacial score (nSPS) is 11.1. The van der Waals surface area contributed by atoms with E-state index in [-0.39, 0.29) is 13.2 Å². The number of hydrogen-bond acceptors (Lipinski definition) is 14. The standard InChI is InChI=1S/C53H42N6O6S4/c60-48(64-30-40-28-58(56-50(40)46-13-7-23-66-46)26-36-15-19-44(20-16-36)62-32-42-34-68-52(54-42)38-9-3-1-4-10-38)25-49(61)65-31-41-29-59(57-51(41)47-14-8-24-67-47)27-37-17-21-45(22-18-37)63-33-43-35-69-53(55-43)39-11-5-2-6-12-39/h1-24,28-29,34-35H,25-27,30-33H2. The molecule has 0 N–H and O–H groups in total. The van der Waals surface area contributed by atoms with Crippen LogP contribution in [-0.4, -0.2) is 41.5 Å². The van der Waals surface area contributed by atoms with Gasteiger partial charge in [0.1, 0.15) is 65.8 Å². The largest absolute Gasteiger partial charge is 0.487 e. The molecule has 16 heteroatoms. The summed E-state index contributed by atoms with van der Waals surface area (Å²) in [5, 5.41) is 19.6. The smallest absolute Gasteiger partial charge is 0.317 e. The van der Waals surface area contributed by atoms with Crippen LogP contribution >= 0.6 is 45.3 Å². The fourth-order valence-electron chi connectivity index (χ4n) is 7.32. The van der Waals surface area contributed by atoms with Gasteiger partial charge in [-0.2, -0.15) is 10.2 Å². The number of ether oxygens (including phenoxy) is 4. The zero-order valence-electron chi connectivity index (χ0n) is 36.9. The summed E-state index contributed by atoms with van der Waals surface area (Å²) in [7, 11) is 0. The van der Waals surface area contributed by atoms with E-state index in [4.69, 9.17) is 39.1 Å². The van der Waals surface area contributed by atoms with E-state index in [0.29, 0.717) is 37.7 Å². The quantitative estimate of drug-likeness (QED) is 0.0537. The first kappa shape index (κ1) is 45.3. The predicted octanol–water partition coefficient (Wildman–Crippen LogP) is 12.2. The second kappa shape index (κ2) is 21.6. The molecule has 0 fully saturated rings. The average molecular weight is 987 g/mol. The number of aromatic nitrogens is 6. The molecular weight excluding hydrogens is 945 g/mol. The van der Waals surface area contributed by atoms with Crippen molar-refractivity contribution in [2.45, 2.75) is 45.9 Å². The molecule has 0 atom stereocenters. The van der Waals surface area contributed by atoms with E-state index in [1.165, 1.54) is 0 Å². The van der Waals surface area contributed by atoms with Gasteiger partial charge >= 0.3 is 11.9 Å². The molecule has 344 valence electrons. The third kappa shape index (κ3) is 11.8. The number of thiazole rings is 2. The van der Waals surface area contributed by atoms with Crippen molar-refractivity contribution in [1.82, 2.24) is 29.5 Å². The van der Waals surface area contributed by atoms with E-state index in [2.05, 4.69) is 0 Å². The summed E-state index contributed by atoms with van der Waals surface area (Å²) < 4.78 is 27.0. The monoisotopic (exact) mass is 986 g/mol. The highest BCUT2D eigenvalue weighted by Gasteiger charge is 2.20. The second-order valence-electron chi connectivity index (χ2n) is 15.7. The highest BCUT2D eigenvalue weighted by atomic mass is 32.1. The molecule has 0 spiro atoms. The van der Waals surface area contributed by atoms with Crippen LogP contribution in [0.3, 0.4) is 0 Å². The van der Waals surface area contributed by atoms with Crippen molar-refractivity contribution < 1.29 is 28.5 Å². The molecule has 6 heterocycles. The van der Waals surface area contributed by atoms with Crippen LogP contribution < -0.4 is 9.47 Å². The summed E-state index contributed by atoms with van der Waals surface area (Å²) in [4.78, 5) is 37.4. The molecule has 10 aromatic rings. The van der Waals surface area contributed by atoms with Gasteiger partial charge in [0.05, 0.1) is 34.2 Å². The van der Waals surface area contributed by atoms with Crippen LogP contribution in [0.25, 0.3) is 42.3 Å². The van der Waals surface area contributed by atoms with E-state index in [0.717, 1.165) is 76.0 Å². The molecule has 4 aromatic carbocycles. The summed E-state index contributed by atoms with van der Waals surface area (Å²) in [6.45, 7) is 1.60. The van der Waals surface area contributed by atoms with Gasteiger partial charge in [-0.25, -0.2) is 9.97 Å². The van der Waals surface area contributed by atoms with Gasteiger partial charge in [0.2, 0.25) is 0 Å². The van der Waals surface area contributed by atoms with E-state index in [9.17, 15) is 9.59 Å². The number of benzene rings is 4. The molecule has 6 aromatic heterocycles. The first-order valence-electron chi connectivity index (χ1n) is 21.9. The summed E-state index contributed by atoms with van der Waals surface area (Å²) in [5.41, 5.74) is 8.83. The summed E-state index contributed by atoms with van der Waals surface area (Å²) in [6.07, 6.45) is 3.20.